The number of allylic oxidation sites excluding steroid dienone is 2. The van der Waals surface area contributed by atoms with Gasteiger partial charge in [0, 0.05) is 26.2 Å². The van der Waals surface area contributed by atoms with Gasteiger partial charge in [0.15, 0.2) is 0 Å². The molecule has 0 saturated carbocycles. The number of dihydropyridines is 1. The number of nitrogens with one attached hydrogen (secondary N) is 2. The lowest BCUT2D eigenvalue weighted by atomic mass is 9.84. The Bertz CT molecular complexity index is 370. The van der Waals surface area contributed by atoms with Crippen LogP contribution in [0, 0.1) is 0 Å². The highest BCUT2D eigenvalue weighted by molar-refractivity contribution is 5.65. The van der Waals surface area contributed by atoms with Gasteiger partial charge < -0.3 is 25.7 Å². The van der Waals surface area contributed by atoms with Crippen molar-refractivity contribution in [3.63, 3.8) is 0 Å². The SMILES string of the molecule is O=C(O)N1CCNC(C2(CCO)C=CC=CN2)C1. The Hall–Kier alpha value is -1.53. The zero-order valence-corrected chi connectivity index (χ0v) is 10.2. The molecule has 1 amide bonds. The number of hydrogen-bond acceptors (Lipinski definition) is 4. The van der Waals surface area contributed by atoms with Crippen LogP contribution in [0.5, 0.6) is 0 Å². The van der Waals surface area contributed by atoms with E-state index in [1.807, 2.05) is 24.4 Å². The number of amides is 1. The van der Waals surface area contributed by atoms with Gasteiger partial charge in [0.05, 0.1) is 11.6 Å². The number of carboxylic acid groups (broad SMARTS) is 1. The summed E-state index contributed by atoms with van der Waals surface area (Å²) in [6.07, 6.45) is 7.28. The quantitative estimate of drug-likeness (QED) is 0.556. The van der Waals surface area contributed by atoms with Crippen molar-refractivity contribution >= 4 is 6.09 Å². The molecule has 2 rings (SSSR count). The first-order valence-electron chi connectivity index (χ1n) is 6.12. The molecule has 2 atom stereocenters. The Morgan fingerprint density at radius 3 is 2.94 bits per heavy atom. The van der Waals surface area contributed by atoms with Gasteiger partial charge in [0.2, 0.25) is 0 Å². The summed E-state index contributed by atoms with van der Waals surface area (Å²) in [5, 5.41) is 24.9. The molecule has 2 unspecified atom stereocenters. The molecule has 6 nitrogen and oxygen atoms in total. The van der Waals surface area contributed by atoms with Crippen molar-refractivity contribution in [2.45, 2.75) is 18.0 Å². The average molecular weight is 253 g/mol. The second kappa shape index (κ2) is 5.41. The van der Waals surface area contributed by atoms with Gasteiger partial charge in [-0.25, -0.2) is 4.79 Å². The van der Waals surface area contributed by atoms with Crippen LogP contribution in [0.3, 0.4) is 0 Å². The second-order valence-corrected chi connectivity index (χ2v) is 4.61. The third-order valence-corrected chi connectivity index (χ3v) is 3.55. The average Bonchev–Trinajstić information content (AvgIpc) is 2.40. The van der Waals surface area contributed by atoms with Gasteiger partial charge in [-0.05, 0) is 18.7 Å². The van der Waals surface area contributed by atoms with Crippen LogP contribution >= 0.6 is 0 Å². The summed E-state index contributed by atoms with van der Waals surface area (Å²) in [5.41, 5.74) is -0.419. The number of aliphatic hydroxyl groups is 1. The topological polar surface area (TPSA) is 84.8 Å². The molecular weight excluding hydrogens is 234 g/mol. The smallest absolute Gasteiger partial charge is 0.407 e. The molecule has 6 heteroatoms. The number of carbonyl (C=O) groups is 1. The van der Waals surface area contributed by atoms with E-state index in [1.165, 1.54) is 4.90 Å². The molecule has 100 valence electrons. The molecule has 0 aliphatic carbocycles. The van der Waals surface area contributed by atoms with E-state index in [0.717, 1.165) is 0 Å². The molecular formula is C12H19N3O3. The minimum absolute atomic E-state index is 0.0456. The van der Waals surface area contributed by atoms with Gasteiger partial charge in [-0.15, -0.1) is 0 Å². The van der Waals surface area contributed by atoms with Crippen molar-refractivity contribution in [2.75, 3.05) is 26.2 Å². The van der Waals surface area contributed by atoms with Crippen molar-refractivity contribution in [1.29, 1.82) is 0 Å². The number of hydrogen-bond donors (Lipinski definition) is 4. The van der Waals surface area contributed by atoms with Gasteiger partial charge in [0.1, 0.15) is 0 Å². The van der Waals surface area contributed by atoms with E-state index in [9.17, 15) is 9.90 Å². The molecule has 2 aliphatic heterocycles. The van der Waals surface area contributed by atoms with Crippen molar-refractivity contribution in [3.8, 4) is 0 Å². The van der Waals surface area contributed by atoms with Gasteiger partial charge in [-0.1, -0.05) is 12.2 Å². The third-order valence-electron chi connectivity index (χ3n) is 3.55. The molecule has 0 aromatic carbocycles. The van der Waals surface area contributed by atoms with Gasteiger partial charge in [-0.2, -0.15) is 0 Å². The molecule has 2 aliphatic rings. The zero-order chi connectivity index (χ0) is 13.0. The Morgan fingerprint density at radius 1 is 1.50 bits per heavy atom. The summed E-state index contributed by atoms with van der Waals surface area (Å²) in [5.74, 6) is 0. The maximum Gasteiger partial charge on any atom is 0.407 e. The zero-order valence-electron chi connectivity index (χ0n) is 10.2. The Balaban J connectivity index is 2.13. The summed E-state index contributed by atoms with van der Waals surface area (Å²) >= 11 is 0. The van der Waals surface area contributed by atoms with Crippen LogP contribution in [-0.2, 0) is 0 Å². The highest BCUT2D eigenvalue weighted by Crippen LogP contribution is 2.22. The van der Waals surface area contributed by atoms with E-state index < -0.39 is 11.6 Å². The lowest BCUT2D eigenvalue weighted by Gasteiger charge is -2.44. The molecule has 2 heterocycles. The van der Waals surface area contributed by atoms with Gasteiger partial charge in [0.25, 0.3) is 0 Å². The molecule has 0 aromatic rings. The summed E-state index contributed by atoms with van der Waals surface area (Å²) in [4.78, 5) is 12.5. The van der Waals surface area contributed by atoms with Gasteiger partial charge >= 0.3 is 6.09 Å². The molecule has 1 fully saturated rings. The Labute approximate surface area is 106 Å². The second-order valence-electron chi connectivity index (χ2n) is 4.61. The van der Waals surface area contributed by atoms with E-state index in [-0.39, 0.29) is 12.6 Å². The third kappa shape index (κ3) is 2.49. The highest BCUT2D eigenvalue weighted by atomic mass is 16.4. The van der Waals surface area contributed by atoms with Crippen LogP contribution in [0.25, 0.3) is 0 Å². The van der Waals surface area contributed by atoms with E-state index in [1.54, 1.807) is 0 Å². The summed E-state index contributed by atoms with van der Waals surface area (Å²) in [7, 11) is 0. The van der Waals surface area contributed by atoms with Gasteiger partial charge in [-0.3, -0.25) is 0 Å². The fraction of sp³-hybridized carbons (Fsp3) is 0.583. The number of nitrogens with zero attached hydrogens (tertiary/aromatic N) is 1. The van der Waals surface area contributed by atoms with E-state index in [0.29, 0.717) is 26.1 Å². The normalized spacial score (nSPS) is 31.2. The minimum Gasteiger partial charge on any atom is -0.465 e. The van der Waals surface area contributed by atoms with Crippen LogP contribution in [0.15, 0.2) is 24.4 Å². The summed E-state index contributed by atoms with van der Waals surface area (Å²) in [6.45, 7) is 1.60. The number of piperazine rings is 1. The van der Waals surface area contributed by atoms with Crippen molar-refractivity contribution in [2.24, 2.45) is 0 Å². The molecule has 0 bridgehead atoms. The largest absolute Gasteiger partial charge is 0.465 e. The molecule has 18 heavy (non-hydrogen) atoms. The fourth-order valence-corrected chi connectivity index (χ4v) is 2.53. The summed E-state index contributed by atoms with van der Waals surface area (Å²) < 4.78 is 0. The van der Waals surface area contributed by atoms with E-state index in [2.05, 4.69) is 10.6 Å². The first-order chi connectivity index (χ1) is 8.68. The number of aliphatic hydroxyl groups excluding tert-OH is 1. The van der Waals surface area contributed by atoms with Crippen molar-refractivity contribution in [1.82, 2.24) is 15.5 Å². The fourth-order valence-electron chi connectivity index (χ4n) is 2.53. The van der Waals surface area contributed by atoms with E-state index in [4.69, 9.17) is 5.11 Å². The van der Waals surface area contributed by atoms with E-state index >= 15 is 0 Å². The molecule has 4 N–H and O–H groups in total. The maximum atomic E-state index is 11.0. The first kappa shape index (κ1) is 12.9. The highest BCUT2D eigenvalue weighted by Gasteiger charge is 2.39. The standard InChI is InChI=1S/C12H19N3O3/c16-8-4-12(3-1-2-5-14-12)10-9-15(11(17)18)7-6-13-10/h1-3,5,10,13-14,16H,4,6-9H2,(H,17,18). The number of rotatable bonds is 3. The van der Waals surface area contributed by atoms with Crippen LogP contribution in [-0.4, -0.2) is 59.0 Å². The molecule has 0 spiro atoms. The summed E-state index contributed by atoms with van der Waals surface area (Å²) in [6, 6.07) is -0.0456. The lowest BCUT2D eigenvalue weighted by molar-refractivity contribution is 0.109. The Morgan fingerprint density at radius 2 is 2.33 bits per heavy atom. The van der Waals surface area contributed by atoms with Crippen LogP contribution in [0.4, 0.5) is 4.79 Å². The minimum atomic E-state index is -0.893. The molecule has 1 saturated heterocycles. The monoisotopic (exact) mass is 253 g/mol. The molecule has 0 aromatic heterocycles. The van der Waals surface area contributed by atoms with Crippen molar-refractivity contribution in [3.05, 3.63) is 24.4 Å². The van der Waals surface area contributed by atoms with Crippen LogP contribution < -0.4 is 10.6 Å². The Kier molecular flexibility index (Phi) is 3.88. The van der Waals surface area contributed by atoms with Crippen LogP contribution in [0.1, 0.15) is 6.42 Å². The van der Waals surface area contributed by atoms with Crippen LogP contribution in [0.2, 0.25) is 0 Å². The van der Waals surface area contributed by atoms with Crippen molar-refractivity contribution < 1.29 is 15.0 Å². The lowest BCUT2D eigenvalue weighted by Crippen LogP contribution is -2.66. The predicted octanol–water partition coefficient (Wildman–Crippen LogP) is -0.267. The first-order valence-corrected chi connectivity index (χ1v) is 6.12. The molecule has 0 radical (unpaired) electrons. The maximum absolute atomic E-state index is 11.0. The predicted molar refractivity (Wildman–Crippen MR) is 67.2 cm³/mol.